The van der Waals surface area contributed by atoms with Crippen molar-refractivity contribution in [1.82, 2.24) is 0 Å². The zero-order valence-corrected chi connectivity index (χ0v) is 13.1. The van der Waals surface area contributed by atoms with Crippen molar-refractivity contribution in [2.75, 3.05) is 20.0 Å². The largest absolute Gasteiger partial charge is 0.497 e. The Morgan fingerprint density at radius 1 is 0.950 bits per heavy atom. The fourth-order valence-electron chi connectivity index (χ4n) is 1.48. The Bertz CT molecular complexity index is 574. The molecule has 3 nitrogen and oxygen atoms in total. The van der Waals surface area contributed by atoms with Crippen molar-refractivity contribution in [3.63, 3.8) is 0 Å². The third kappa shape index (κ3) is 4.83. The minimum atomic E-state index is 0.527. The predicted octanol–water partition coefficient (Wildman–Crippen LogP) is 4.59. The lowest BCUT2D eigenvalue weighted by atomic mass is 10.2. The number of rotatable bonds is 2. The highest BCUT2D eigenvalue weighted by molar-refractivity contribution is 6.33. The molecule has 0 spiro atoms. The summed E-state index contributed by atoms with van der Waals surface area (Å²) in [5, 5.41) is 1.28. The summed E-state index contributed by atoms with van der Waals surface area (Å²) in [5.41, 5.74) is 7.09. The van der Waals surface area contributed by atoms with Crippen LogP contribution in [0.4, 0.5) is 5.69 Å². The van der Waals surface area contributed by atoms with Crippen molar-refractivity contribution in [2.45, 2.75) is 6.92 Å². The molecule has 20 heavy (non-hydrogen) atoms. The lowest BCUT2D eigenvalue weighted by molar-refractivity contribution is 0.411. The summed E-state index contributed by atoms with van der Waals surface area (Å²) in [7, 11) is 3.23. The quantitative estimate of drug-likeness (QED) is 0.825. The van der Waals surface area contributed by atoms with E-state index < -0.39 is 0 Å². The number of halogens is 2. The Morgan fingerprint density at radius 2 is 1.65 bits per heavy atom. The van der Waals surface area contributed by atoms with E-state index in [1.165, 1.54) is 0 Å². The lowest BCUT2D eigenvalue weighted by Gasteiger charge is -2.02. The van der Waals surface area contributed by atoms with Crippen LogP contribution >= 0.6 is 23.2 Å². The second-order valence-electron chi connectivity index (χ2n) is 4.00. The number of benzene rings is 2. The number of hydrogen-bond donors (Lipinski definition) is 1. The maximum atomic E-state index is 5.72. The molecule has 0 heterocycles. The summed E-state index contributed by atoms with van der Waals surface area (Å²) in [5.74, 6) is 1.60. The highest BCUT2D eigenvalue weighted by Gasteiger charge is 1.96. The fourth-order valence-corrected chi connectivity index (χ4v) is 1.87. The van der Waals surface area contributed by atoms with Crippen molar-refractivity contribution in [1.29, 1.82) is 0 Å². The molecule has 2 rings (SSSR count). The number of hydrogen-bond acceptors (Lipinski definition) is 3. The van der Waals surface area contributed by atoms with Crippen LogP contribution < -0.4 is 15.2 Å². The molecule has 0 saturated heterocycles. The second-order valence-corrected chi connectivity index (χ2v) is 4.85. The van der Waals surface area contributed by atoms with Crippen LogP contribution in [0.15, 0.2) is 36.4 Å². The number of nitrogen functional groups attached to an aromatic ring is 1. The third-order valence-corrected chi connectivity index (χ3v) is 3.13. The summed E-state index contributed by atoms with van der Waals surface area (Å²) >= 11 is 11.4. The van der Waals surface area contributed by atoms with E-state index >= 15 is 0 Å². The molecule has 2 aromatic rings. The van der Waals surface area contributed by atoms with Gasteiger partial charge in [-0.1, -0.05) is 23.2 Å². The molecule has 108 valence electrons. The Kier molecular flexibility index (Phi) is 6.49. The van der Waals surface area contributed by atoms with Gasteiger partial charge >= 0.3 is 0 Å². The molecule has 0 aliphatic rings. The number of aryl methyl sites for hydroxylation is 1. The smallest absolute Gasteiger partial charge is 0.121 e. The zero-order valence-electron chi connectivity index (χ0n) is 11.6. The number of ether oxygens (including phenoxy) is 2. The molecule has 0 unspecified atom stereocenters. The number of nitrogens with two attached hydrogens (primary N) is 1. The molecule has 5 heteroatoms. The van der Waals surface area contributed by atoms with Crippen LogP contribution in [0.5, 0.6) is 11.5 Å². The SMILES string of the molecule is COc1ccc(Cl)cc1C.COc1ccc(N)c(Cl)c1. The van der Waals surface area contributed by atoms with E-state index in [0.29, 0.717) is 10.7 Å². The minimum Gasteiger partial charge on any atom is -0.497 e. The minimum absolute atomic E-state index is 0.527. The summed E-state index contributed by atoms with van der Waals surface area (Å²) in [6, 6.07) is 10.7. The topological polar surface area (TPSA) is 44.5 Å². The zero-order chi connectivity index (χ0) is 15.1. The average Bonchev–Trinajstić information content (AvgIpc) is 2.43. The second kappa shape index (κ2) is 7.88. The molecular weight excluding hydrogens is 297 g/mol. The Labute approximate surface area is 129 Å². The summed E-state index contributed by atoms with van der Waals surface area (Å²) < 4.78 is 9.95. The first-order chi connectivity index (χ1) is 9.47. The van der Waals surface area contributed by atoms with E-state index in [2.05, 4.69) is 0 Å². The van der Waals surface area contributed by atoms with Gasteiger partial charge in [0, 0.05) is 11.1 Å². The highest BCUT2D eigenvalue weighted by Crippen LogP contribution is 2.23. The normalized spacial score (nSPS) is 9.45. The Morgan fingerprint density at radius 3 is 2.15 bits per heavy atom. The van der Waals surface area contributed by atoms with Gasteiger partial charge in [-0.15, -0.1) is 0 Å². The van der Waals surface area contributed by atoms with E-state index in [4.69, 9.17) is 38.4 Å². The molecule has 0 atom stereocenters. The van der Waals surface area contributed by atoms with Crippen LogP contribution in [-0.2, 0) is 0 Å². The van der Waals surface area contributed by atoms with E-state index in [1.54, 1.807) is 32.4 Å². The molecule has 0 aromatic heterocycles. The van der Waals surface area contributed by atoms with E-state index in [1.807, 2.05) is 25.1 Å². The van der Waals surface area contributed by atoms with Crippen molar-refractivity contribution < 1.29 is 9.47 Å². The monoisotopic (exact) mass is 313 g/mol. The van der Waals surface area contributed by atoms with Crippen molar-refractivity contribution in [3.05, 3.63) is 52.0 Å². The standard InChI is InChI=1S/C8H9ClO.C7H8ClNO/c1-6-5-7(9)3-4-8(6)10-2;1-10-5-2-3-7(9)6(8)4-5/h3-5H,1-2H3;2-4H,9H2,1H3. The molecular formula is C15H17Cl2NO2. The van der Waals surface area contributed by atoms with Crippen LogP contribution in [0.2, 0.25) is 10.0 Å². The van der Waals surface area contributed by atoms with Gasteiger partial charge in [0.2, 0.25) is 0 Å². The van der Waals surface area contributed by atoms with Gasteiger partial charge in [-0.05, 0) is 42.8 Å². The highest BCUT2D eigenvalue weighted by atomic mass is 35.5. The van der Waals surface area contributed by atoms with E-state index in [9.17, 15) is 0 Å². The molecule has 0 aliphatic carbocycles. The molecule has 0 aliphatic heterocycles. The lowest BCUT2D eigenvalue weighted by Crippen LogP contribution is -1.87. The molecule has 0 radical (unpaired) electrons. The summed E-state index contributed by atoms with van der Waals surface area (Å²) in [6.07, 6.45) is 0. The average molecular weight is 314 g/mol. The van der Waals surface area contributed by atoms with Gasteiger partial charge < -0.3 is 15.2 Å². The van der Waals surface area contributed by atoms with E-state index in [0.717, 1.165) is 22.1 Å². The van der Waals surface area contributed by atoms with Crippen LogP contribution in [0.1, 0.15) is 5.56 Å². The predicted molar refractivity (Wildman–Crippen MR) is 85.2 cm³/mol. The van der Waals surface area contributed by atoms with Crippen molar-refractivity contribution >= 4 is 28.9 Å². The van der Waals surface area contributed by atoms with E-state index in [-0.39, 0.29) is 0 Å². The summed E-state index contributed by atoms with van der Waals surface area (Å²) in [4.78, 5) is 0. The maximum Gasteiger partial charge on any atom is 0.121 e. The first-order valence-corrected chi connectivity index (χ1v) is 6.62. The first kappa shape index (κ1) is 16.5. The molecule has 2 aromatic carbocycles. The molecule has 0 saturated carbocycles. The van der Waals surface area contributed by atoms with Gasteiger partial charge in [0.1, 0.15) is 11.5 Å². The Hall–Kier alpha value is -1.58. The fraction of sp³-hybridized carbons (Fsp3) is 0.200. The van der Waals surface area contributed by atoms with Gasteiger partial charge in [-0.2, -0.15) is 0 Å². The van der Waals surface area contributed by atoms with Gasteiger partial charge in [0.25, 0.3) is 0 Å². The van der Waals surface area contributed by atoms with Gasteiger partial charge in [0.05, 0.1) is 24.9 Å². The summed E-state index contributed by atoms with van der Waals surface area (Å²) in [6.45, 7) is 1.96. The molecule has 0 fully saturated rings. The van der Waals surface area contributed by atoms with Crippen LogP contribution in [0.3, 0.4) is 0 Å². The van der Waals surface area contributed by atoms with Gasteiger partial charge in [-0.3, -0.25) is 0 Å². The number of anilines is 1. The van der Waals surface area contributed by atoms with Gasteiger partial charge in [-0.25, -0.2) is 0 Å². The molecule has 0 amide bonds. The molecule has 2 N–H and O–H groups in total. The van der Waals surface area contributed by atoms with Crippen molar-refractivity contribution in [3.8, 4) is 11.5 Å². The first-order valence-electron chi connectivity index (χ1n) is 5.87. The molecule has 0 bridgehead atoms. The van der Waals surface area contributed by atoms with Crippen molar-refractivity contribution in [2.24, 2.45) is 0 Å². The number of methoxy groups -OCH3 is 2. The van der Waals surface area contributed by atoms with Gasteiger partial charge in [0.15, 0.2) is 0 Å². The van der Waals surface area contributed by atoms with Crippen LogP contribution in [-0.4, -0.2) is 14.2 Å². The van der Waals surface area contributed by atoms with Crippen LogP contribution in [0, 0.1) is 6.92 Å². The van der Waals surface area contributed by atoms with Crippen LogP contribution in [0.25, 0.3) is 0 Å². The third-order valence-electron chi connectivity index (χ3n) is 2.56. The maximum absolute atomic E-state index is 5.72. The Balaban J connectivity index is 0.000000200.